The smallest absolute Gasteiger partial charge is 0.251 e. The van der Waals surface area contributed by atoms with Crippen molar-refractivity contribution in [3.63, 3.8) is 0 Å². The molecule has 0 aliphatic rings. The Labute approximate surface area is 180 Å². The second-order valence-electron chi connectivity index (χ2n) is 7.15. The summed E-state index contributed by atoms with van der Waals surface area (Å²) in [7, 11) is 0. The SMILES string of the molecule is N=C(CC(NC(=O)c1ccc(-n2cccc2)cc1)c1ccccc1O)c1cccnc1. The summed E-state index contributed by atoms with van der Waals surface area (Å²) in [6.07, 6.45) is 7.36. The van der Waals surface area contributed by atoms with E-state index in [0.29, 0.717) is 22.4 Å². The van der Waals surface area contributed by atoms with Gasteiger partial charge in [-0.05, 0) is 48.5 Å². The van der Waals surface area contributed by atoms with Gasteiger partial charge in [0.1, 0.15) is 5.75 Å². The highest BCUT2D eigenvalue weighted by Gasteiger charge is 2.21. The van der Waals surface area contributed by atoms with Crippen LogP contribution in [0.5, 0.6) is 5.75 Å². The Hall–Kier alpha value is -4.19. The van der Waals surface area contributed by atoms with Crippen LogP contribution >= 0.6 is 0 Å². The van der Waals surface area contributed by atoms with E-state index in [0.717, 1.165) is 5.69 Å². The Morgan fingerprint density at radius 2 is 1.71 bits per heavy atom. The normalized spacial score (nSPS) is 11.6. The van der Waals surface area contributed by atoms with Gasteiger partial charge in [0, 0.05) is 59.3 Å². The molecule has 0 saturated carbocycles. The lowest BCUT2D eigenvalue weighted by atomic mass is 9.97. The predicted molar refractivity (Wildman–Crippen MR) is 120 cm³/mol. The number of aromatic hydroxyl groups is 1. The fourth-order valence-corrected chi connectivity index (χ4v) is 3.42. The Bertz CT molecular complexity index is 1170. The largest absolute Gasteiger partial charge is 0.508 e. The van der Waals surface area contributed by atoms with Crippen molar-refractivity contribution >= 4 is 11.6 Å². The molecule has 0 aliphatic heterocycles. The lowest BCUT2D eigenvalue weighted by Crippen LogP contribution is -2.30. The standard InChI is InChI=1S/C25H22N4O2/c26-22(19-6-5-13-27-17-19)16-23(21-7-1-2-8-24(21)30)28-25(31)18-9-11-20(12-10-18)29-14-3-4-15-29/h1-15,17,23,26,30H,16H2,(H,28,31). The summed E-state index contributed by atoms with van der Waals surface area (Å²) in [4.78, 5) is 17.0. The Balaban J connectivity index is 1.56. The van der Waals surface area contributed by atoms with Gasteiger partial charge in [0.2, 0.25) is 0 Å². The average molecular weight is 410 g/mol. The van der Waals surface area contributed by atoms with Crippen LogP contribution in [0, 0.1) is 5.41 Å². The van der Waals surface area contributed by atoms with Crippen LogP contribution in [0.1, 0.15) is 33.9 Å². The fraction of sp³-hybridized carbons (Fsp3) is 0.0800. The summed E-state index contributed by atoms with van der Waals surface area (Å²) in [5.74, 6) is -0.193. The summed E-state index contributed by atoms with van der Waals surface area (Å²) in [6, 6.07) is 21.0. The lowest BCUT2D eigenvalue weighted by Gasteiger charge is -2.21. The van der Waals surface area contributed by atoms with E-state index in [-0.39, 0.29) is 18.1 Å². The van der Waals surface area contributed by atoms with Crippen molar-refractivity contribution in [2.24, 2.45) is 0 Å². The number of nitrogens with zero attached hydrogens (tertiary/aromatic N) is 2. The summed E-state index contributed by atoms with van der Waals surface area (Å²) in [5, 5.41) is 21.8. The van der Waals surface area contributed by atoms with Gasteiger partial charge in [0.15, 0.2) is 0 Å². The minimum Gasteiger partial charge on any atom is -0.508 e. The molecule has 1 unspecified atom stereocenters. The highest BCUT2D eigenvalue weighted by Crippen LogP contribution is 2.27. The Kier molecular flexibility index (Phi) is 5.89. The fourth-order valence-electron chi connectivity index (χ4n) is 3.42. The molecular formula is C25H22N4O2. The molecule has 0 radical (unpaired) electrons. The number of benzene rings is 2. The second kappa shape index (κ2) is 9.09. The molecule has 31 heavy (non-hydrogen) atoms. The van der Waals surface area contributed by atoms with Crippen molar-refractivity contribution in [1.82, 2.24) is 14.9 Å². The minimum absolute atomic E-state index is 0.0785. The first-order valence-corrected chi connectivity index (χ1v) is 9.92. The van der Waals surface area contributed by atoms with Gasteiger partial charge in [-0.15, -0.1) is 0 Å². The van der Waals surface area contributed by atoms with E-state index in [1.807, 2.05) is 41.2 Å². The highest BCUT2D eigenvalue weighted by molar-refractivity contribution is 5.99. The summed E-state index contributed by atoms with van der Waals surface area (Å²) in [6.45, 7) is 0. The van der Waals surface area contributed by atoms with E-state index in [2.05, 4.69) is 10.3 Å². The number of para-hydroxylation sites is 1. The first-order chi connectivity index (χ1) is 15.1. The number of amides is 1. The highest BCUT2D eigenvalue weighted by atomic mass is 16.3. The number of pyridine rings is 1. The molecule has 0 aliphatic carbocycles. The maximum atomic E-state index is 13.0. The van der Waals surface area contributed by atoms with E-state index >= 15 is 0 Å². The number of carbonyl (C=O) groups excluding carboxylic acids is 1. The number of nitrogens with one attached hydrogen (secondary N) is 2. The monoisotopic (exact) mass is 410 g/mol. The molecule has 4 rings (SSSR count). The summed E-state index contributed by atoms with van der Waals surface area (Å²) >= 11 is 0. The van der Waals surface area contributed by atoms with Gasteiger partial charge in [0.05, 0.1) is 6.04 Å². The molecular weight excluding hydrogens is 388 g/mol. The van der Waals surface area contributed by atoms with E-state index in [1.54, 1.807) is 60.9 Å². The van der Waals surface area contributed by atoms with Crippen molar-refractivity contribution in [2.45, 2.75) is 12.5 Å². The van der Waals surface area contributed by atoms with Crippen molar-refractivity contribution in [2.75, 3.05) is 0 Å². The van der Waals surface area contributed by atoms with Gasteiger partial charge < -0.3 is 20.4 Å². The zero-order valence-electron chi connectivity index (χ0n) is 16.8. The first kappa shape index (κ1) is 20.1. The van der Waals surface area contributed by atoms with Crippen LogP contribution in [0.2, 0.25) is 0 Å². The maximum Gasteiger partial charge on any atom is 0.251 e. The number of aromatic nitrogens is 2. The van der Waals surface area contributed by atoms with Gasteiger partial charge in [0.25, 0.3) is 5.91 Å². The Morgan fingerprint density at radius 3 is 2.39 bits per heavy atom. The molecule has 4 aromatic rings. The molecule has 2 heterocycles. The van der Waals surface area contributed by atoms with Crippen LogP contribution in [-0.2, 0) is 0 Å². The van der Waals surface area contributed by atoms with Crippen LogP contribution in [0.3, 0.4) is 0 Å². The van der Waals surface area contributed by atoms with Crippen molar-refractivity contribution in [3.8, 4) is 11.4 Å². The van der Waals surface area contributed by atoms with Crippen LogP contribution < -0.4 is 5.32 Å². The third-order valence-corrected chi connectivity index (χ3v) is 5.07. The van der Waals surface area contributed by atoms with Crippen LogP contribution in [0.25, 0.3) is 5.69 Å². The third-order valence-electron chi connectivity index (χ3n) is 5.07. The van der Waals surface area contributed by atoms with Crippen LogP contribution in [0.15, 0.2) is 97.6 Å². The average Bonchev–Trinajstić information content (AvgIpc) is 3.35. The molecule has 6 heteroatoms. The van der Waals surface area contributed by atoms with Gasteiger partial charge >= 0.3 is 0 Å². The van der Waals surface area contributed by atoms with Gasteiger partial charge in [-0.2, -0.15) is 0 Å². The zero-order chi connectivity index (χ0) is 21.6. The van der Waals surface area contributed by atoms with E-state index in [1.165, 1.54) is 0 Å². The topological polar surface area (TPSA) is 91.0 Å². The molecule has 1 atom stereocenters. The van der Waals surface area contributed by atoms with Crippen molar-refractivity contribution in [1.29, 1.82) is 5.41 Å². The van der Waals surface area contributed by atoms with Crippen molar-refractivity contribution in [3.05, 3.63) is 114 Å². The molecule has 154 valence electrons. The third kappa shape index (κ3) is 4.70. The summed E-state index contributed by atoms with van der Waals surface area (Å²) in [5.41, 5.74) is 3.02. The number of rotatable bonds is 7. The molecule has 2 aromatic carbocycles. The van der Waals surface area contributed by atoms with E-state index < -0.39 is 6.04 Å². The molecule has 0 spiro atoms. The predicted octanol–water partition coefficient (Wildman–Crippen LogP) is 4.51. The van der Waals surface area contributed by atoms with Crippen molar-refractivity contribution < 1.29 is 9.90 Å². The van der Waals surface area contributed by atoms with E-state index in [4.69, 9.17) is 5.41 Å². The quantitative estimate of drug-likeness (QED) is 0.392. The van der Waals surface area contributed by atoms with Crippen LogP contribution in [-0.4, -0.2) is 26.3 Å². The van der Waals surface area contributed by atoms with Gasteiger partial charge in [-0.25, -0.2) is 0 Å². The maximum absolute atomic E-state index is 13.0. The van der Waals surface area contributed by atoms with E-state index in [9.17, 15) is 9.90 Å². The first-order valence-electron chi connectivity index (χ1n) is 9.92. The molecule has 6 nitrogen and oxygen atoms in total. The number of hydrogen-bond acceptors (Lipinski definition) is 4. The van der Waals surface area contributed by atoms with Gasteiger partial charge in [-0.3, -0.25) is 9.78 Å². The molecule has 3 N–H and O–H groups in total. The lowest BCUT2D eigenvalue weighted by molar-refractivity contribution is 0.0937. The molecule has 2 aromatic heterocycles. The second-order valence-corrected chi connectivity index (χ2v) is 7.15. The number of phenolic OH excluding ortho intramolecular Hbond substituents is 1. The number of carbonyl (C=O) groups is 1. The number of phenols is 1. The molecule has 0 bridgehead atoms. The minimum atomic E-state index is -0.564. The van der Waals surface area contributed by atoms with Gasteiger partial charge in [-0.1, -0.05) is 24.3 Å². The van der Waals surface area contributed by atoms with Crippen LogP contribution in [0.4, 0.5) is 0 Å². The Morgan fingerprint density at radius 1 is 0.968 bits per heavy atom. The molecule has 1 amide bonds. The molecule has 0 fully saturated rings. The molecule has 0 saturated heterocycles. The zero-order valence-corrected chi connectivity index (χ0v) is 16.8. The summed E-state index contributed by atoms with van der Waals surface area (Å²) < 4.78 is 1.96. The number of hydrogen-bond donors (Lipinski definition) is 3.